The van der Waals surface area contributed by atoms with Crippen molar-refractivity contribution in [2.45, 2.75) is 31.6 Å². The second-order valence-electron chi connectivity index (χ2n) is 8.69. The highest BCUT2D eigenvalue weighted by atomic mass is 35.5. The fourth-order valence-corrected chi connectivity index (χ4v) is 4.43. The maximum Gasteiger partial charge on any atom is 0.416 e. The molecule has 41 heavy (non-hydrogen) atoms. The summed E-state index contributed by atoms with van der Waals surface area (Å²) in [7, 11) is 1.71. The minimum Gasteiger partial charge on any atom is -0.664 e. The van der Waals surface area contributed by atoms with Crippen molar-refractivity contribution in [3.8, 4) is 11.8 Å². The number of benzene rings is 3. The molecule has 2 unspecified atom stereocenters. The Morgan fingerprint density at radius 3 is 2.12 bits per heavy atom. The van der Waals surface area contributed by atoms with E-state index in [4.69, 9.17) is 38.2 Å². The molecule has 1 N–H and O–H groups in total. The van der Waals surface area contributed by atoms with E-state index in [1.165, 1.54) is 6.07 Å². The van der Waals surface area contributed by atoms with E-state index in [2.05, 4.69) is 5.32 Å². The molecular formula is C29H26Cl2F3N4O3-. The fourth-order valence-electron chi connectivity index (χ4n) is 4.17. The molecule has 3 aromatic carbocycles. The minimum absolute atomic E-state index is 0.0189. The standard InChI is InChI=1S/C25H19Cl2F3N2O3.C4H7N2/c1-2-35-20-13-16(25(28,29)30)7-12-19(20)23-31-21(14-3-8-17(26)9-4-14)22(32(23)24(33)34)15-5-10-18(27)11-6-15;1-6-4-2-3-5/h3-13,21-22H,2H2,1H3,(H,33,34);2,4H2,1H3/q;-1. The lowest BCUT2D eigenvalue weighted by Gasteiger charge is -2.27. The molecule has 12 heteroatoms. The Morgan fingerprint density at radius 1 is 1.07 bits per heavy atom. The van der Waals surface area contributed by atoms with E-state index in [9.17, 15) is 23.1 Å². The number of halogens is 5. The molecule has 0 saturated heterocycles. The van der Waals surface area contributed by atoms with Gasteiger partial charge in [0.1, 0.15) is 17.6 Å². The van der Waals surface area contributed by atoms with Crippen molar-refractivity contribution in [2.75, 3.05) is 20.2 Å². The van der Waals surface area contributed by atoms with Gasteiger partial charge in [0.25, 0.3) is 0 Å². The van der Waals surface area contributed by atoms with Crippen molar-refractivity contribution >= 4 is 35.1 Å². The van der Waals surface area contributed by atoms with Crippen LogP contribution in [0.15, 0.2) is 71.7 Å². The van der Waals surface area contributed by atoms with Crippen molar-refractivity contribution in [1.29, 1.82) is 5.26 Å². The molecule has 0 aromatic heterocycles. The van der Waals surface area contributed by atoms with E-state index < -0.39 is 29.9 Å². The molecule has 2 atom stereocenters. The van der Waals surface area contributed by atoms with Gasteiger partial charge in [0.15, 0.2) is 0 Å². The van der Waals surface area contributed by atoms with E-state index in [1.54, 1.807) is 62.5 Å². The summed E-state index contributed by atoms with van der Waals surface area (Å²) in [4.78, 5) is 18.3. The second kappa shape index (κ2) is 14.2. The van der Waals surface area contributed by atoms with Crippen molar-refractivity contribution in [3.63, 3.8) is 0 Å². The van der Waals surface area contributed by atoms with Gasteiger partial charge < -0.3 is 15.2 Å². The third-order valence-electron chi connectivity index (χ3n) is 5.99. The van der Waals surface area contributed by atoms with Crippen LogP contribution in [0.4, 0.5) is 18.0 Å². The first kappa shape index (κ1) is 31.7. The zero-order valence-electron chi connectivity index (χ0n) is 22.1. The summed E-state index contributed by atoms with van der Waals surface area (Å²) in [5.41, 5.74) is 0.521. The SMILES string of the molecule is CCOc1cc(C(F)(F)F)ccc1C1=NC(c2ccc(Cl)cc2)C(c2ccc(Cl)cc2)N1C(=O)O.C[N-]CCC#N. The second-order valence-corrected chi connectivity index (χ2v) is 9.56. The van der Waals surface area contributed by atoms with Crippen LogP contribution in [0.2, 0.25) is 10.0 Å². The third-order valence-corrected chi connectivity index (χ3v) is 6.50. The Morgan fingerprint density at radius 2 is 1.66 bits per heavy atom. The molecule has 216 valence electrons. The highest BCUT2D eigenvalue weighted by Crippen LogP contribution is 2.45. The summed E-state index contributed by atoms with van der Waals surface area (Å²) in [6.45, 7) is 2.38. The molecule has 1 aliphatic heterocycles. The molecule has 4 rings (SSSR count). The lowest BCUT2D eigenvalue weighted by Crippen LogP contribution is -2.37. The van der Waals surface area contributed by atoms with E-state index >= 15 is 0 Å². The lowest BCUT2D eigenvalue weighted by atomic mass is 9.94. The number of amidine groups is 1. The van der Waals surface area contributed by atoms with Crippen molar-refractivity contribution in [1.82, 2.24) is 4.90 Å². The molecule has 1 amide bonds. The van der Waals surface area contributed by atoms with E-state index in [1.807, 2.05) is 6.07 Å². The summed E-state index contributed by atoms with van der Waals surface area (Å²) in [6.07, 6.45) is -5.36. The van der Waals surface area contributed by atoms with Gasteiger partial charge in [-0.2, -0.15) is 25.5 Å². The number of hydrogen-bond donors (Lipinski definition) is 1. The fraction of sp³-hybridized carbons (Fsp3) is 0.276. The van der Waals surface area contributed by atoms with Crippen LogP contribution in [0.3, 0.4) is 0 Å². The summed E-state index contributed by atoms with van der Waals surface area (Å²) >= 11 is 12.1. The summed E-state index contributed by atoms with van der Waals surface area (Å²) < 4.78 is 45.5. The predicted octanol–water partition coefficient (Wildman–Crippen LogP) is 8.54. The zero-order chi connectivity index (χ0) is 30.2. The van der Waals surface area contributed by atoms with Crippen LogP contribution < -0.4 is 4.74 Å². The molecule has 1 aliphatic rings. The number of nitriles is 1. The number of carboxylic acid groups (broad SMARTS) is 1. The molecule has 0 saturated carbocycles. The predicted molar refractivity (Wildman–Crippen MR) is 152 cm³/mol. The Labute approximate surface area is 245 Å². The number of amides is 1. The molecule has 0 spiro atoms. The number of ether oxygens (including phenoxy) is 1. The topological polar surface area (TPSA) is 100 Å². The molecule has 0 bridgehead atoms. The van der Waals surface area contributed by atoms with Gasteiger partial charge in [0.2, 0.25) is 0 Å². The molecule has 0 aliphatic carbocycles. The van der Waals surface area contributed by atoms with E-state index in [0.29, 0.717) is 34.1 Å². The van der Waals surface area contributed by atoms with Gasteiger partial charge in [-0.05, 0) is 60.5 Å². The van der Waals surface area contributed by atoms with Gasteiger partial charge in [0.05, 0.1) is 29.8 Å². The lowest BCUT2D eigenvalue weighted by molar-refractivity contribution is -0.137. The van der Waals surface area contributed by atoms with Crippen molar-refractivity contribution < 1.29 is 27.8 Å². The van der Waals surface area contributed by atoms with Gasteiger partial charge in [-0.3, -0.25) is 9.89 Å². The van der Waals surface area contributed by atoms with Crippen molar-refractivity contribution in [2.24, 2.45) is 4.99 Å². The number of alkyl halides is 3. The minimum atomic E-state index is -4.59. The first-order chi connectivity index (χ1) is 19.5. The number of aliphatic imine (C=N–C) groups is 1. The third kappa shape index (κ3) is 7.91. The number of rotatable bonds is 7. The highest BCUT2D eigenvalue weighted by Gasteiger charge is 2.43. The smallest absolute Gasteiger partial charge is 0.416 e. The number of nitrogens with zero attached hydrogens (tertiary/aromatic N) is 4. The normalized spacial score (nSPS) is 16.3. The summed E-state index contributed by atoms with van der Waals surface area (Å²) in [6, 6.07) is 16.9. The largest absolute Gasteiger partial charge is 0.664 e. The Hall–Kier alpha value is -3.78. The van der Waals surface area contributed by atoms with Gasteiger partial charge in [0, 0.05) is 16.5 Å². The van der Waals surface area contributed by atoms with E-state index in [0.717, 1.165) is 17.0 Å². The number of hydrogen-bond acceptors (Lipinski definition) is 4. The first-order valence-corrected chi connectivity index (χ1v) is 13.1. The molecule has 0 fully saturated rings. The van der Waals surface area contributed by atoms with Crippen LogP contribution in [0.25, 0.3) is 5.32 Å². The van der Waals surface area contributed by atoms with Crippen LogP contribution in [-0.2, 0) is 6.18 Å². The molecule has 1 heterocycles. The van der Waals surface area contributed by atoms with Gasteiger partial charge in [-0.25, -0.2) is 4.79 Å². The quantitative estimate of drug-likeness (QED) is 0.273. The molecular weight excluding hydrogens is 580 g/mol. The number of carbonyl (C=O) groups is 1. The summed E-state index contributed by atoms with van der Waals surface area (Å²) in [5.74, 6) is -0.131. The van der Waals surface area contributed by atoms with Gasteiger partial charge in [-0.1, -0.05) is 47.5 Å². The maximum absolute atomic E-state index is 13.3. The summed E-state index contributed by atoms with van der Waals surface area (Å²) in [5, 5.41) is 22.8. The molecule has 7 nitrogen and oxygen atoms in total. The van der Waals surface area contributed by atoms with Crippen LogP contribution in [-0.4, -0.2) is 42.1 Å². The van der Waals surface area contributed by atoms with E-state index in [-0.39, 0.29) is 23.8 Å². The van der Waals surface area contributed by atoms with Crippen LogP contribution >= 0.6 is 23.2 Å². The van der Waals surface area contributed by atoms with Crippen LogP contribution in [0.5, 0.6) is 5.75 Å². The zero-order valence-corrected chi connectivity index (χ0v) is 23.6. The van der Waals surface area contributed by atoms with Gasteiger partial charge in [-0.15, -0.1) is 6.54 Å². The Bertz CT molecular complexity index is 1410. The maximum atomic E-state index is 13.3. The molecule has 0 radical (unpaired) electrons. The van der Waals surface area contributed by atoms with Crippen LogP contribution in [0, 0.1) is 11.3 Å². The van der Waals surface area contributed by atoms with Crippen LogP contribution in [0.1, 0.15) is 47.7 Å². The highest BCUT2D eigenvalue weighted by molar-refractivity contribution is 6.30. The molecule has 3 aromatic rings. The van der Waals surface area contributed by atoms with Crippen molar-refractivity contribution in [3.05, 3.63) is 104 Å². The monoisotopic (exact) mass is 605 g/mol. The Balaban J connectivity index is 0.000000696. The average molecular weight is 606 g/mol. The Kier molecular flexibility index (Phi) is 11.0. The first-order valence-electron chi connectivity index (χ1n) is 12.4. The van der Waals surface area contributed by atoms with Gasteiger partial charge >= 0.3 is 12.3 Å². The average Bonchev–Trinajstić information content (AvgIpc) is 3.33.